The van der Waals surface area contributed by atoms with Crippen molar-refractivity contribution in [3.63, 3.8) is 0 Å². The summed E-state index contributed by atoms with van der Waals surface area (Å²) in [5, 5.41) is 12.8. The number of nitriles is 1. The van der Waals surface area contributed by atoms with E-state index >= 15 is 0 Å². The monoisotopic (exact) mass is 216 g/mol. The van der Waals surface area contributed by atoms with Gasteiger partial charge in [-0.05, 0) is 6.42 Å². The number of rotatable bonds is 6. The van der Waals surface area contributed by atoms with Crippen LogP contribution in [0.1, 0.15) is 31.7 Å². The Bertz CT molecular complexity index is 365. The molecule has 0 saturated heterocycles. The first-order valence-electron chi connectivity index (χ1n) is 5.54. The van der Waals surface area contributed by atoms with Crippen molar-refractivity contribution in [2.45, 2.75) is 26.2 Å². The summed E-state index contributed by atoms with van der Waals surface area (Å²) in [6, 6.07) is 11.4. The zero-order valence-electron chi connectivity index (χ0n) is 9.52. The fourth-order valence-corrected chi connectivity index (χ4v) is 1.26. The topological polar surface area (TPSA) is 45.4 Å². The van der Waals surface area contributed by atoms with Crippen LogP contribution in [0.2, 0.25) is 0 Å². The van der Waals surface area contributed by atoms with E-state index in [1.54, 1.807) is 0 Å². The van der Waals surface area contributed by atoms with Crippen LogP contribution in [-0.4, -0.2) is 12.3 Å². The molecule has 0 N–H and O–H groups in total. The van der Waals surface area contributed by atoms with Crippen molar-refractivity contribution < 1.29 is 4.84 Å². The highest BCUT2D eigenvalue weighted by molar-refractivity contribution is 6.11. The molecule has 84 valence electrons. The maximum Gasteiger partial charge on any atom is 0.186 e. The molecule has 0 heterocycles. The summed E-state index contributed by atoms with van der Waals surface area (Å²) in [5.74, 6) is 0. The van der Waals surface area contributed by atoms with E-state index < -0.39 is 0 Å². The van der Waals surface area contributed by atoms with Crippen LogP contribution < -0.4 is 0 Å². The van der Waals surface area contributed by atoms with Crippen molar-refractivity contribution in [1.82, 2.24) is 0 Å². The molecule has 0 aliphatic rings. The third kappa shape index (κ3) is 4.14. The van der Waals surface area contributed by atoms with Gasteiger partial charge in [0.1, 0.15) is 12.7 Å². The molecule has 3 nitrogen and oxygen atoms in total. The van der Waals surface area contributed by atoms with Crippen molar-refractivity contribution in [1.29, 1.82) is 5.26 Å². The van der Waals surface area contributed by atoms with E-state index in [-0.39, 0.29) is 0 Å². The summed E-state index contributed by atoms with van der Waals surface area (Å²) in [7, 11) is 0. The molecule has 1 rings (SSSR count). The van der Waals surface area contributed by atoms with Crippen LogP contribution in [0, 0.1) is 11.3 Å². The van der Waals surface area contributed by atoms with Crippen LogP contribution >= 0.6 is 0 Å². The van der Waals surface area contributed by atoms with Gasteiger partial charge < -0.3 is 4.84 Å². The number of nitrogens with zero attached hydrogens (tertiary/aromatic N) is 2. The van der Waals surface area contributed by atoms with Crippen LogP contribution in [0.3, 0.4) is 0 Å². The Kier molecular flexibility index (Phi) is 5.72. The average molecular weight is 216 g/mol. The number of hydrogen-bond donors (Lipinski definition) is 0. The SMILES string of the molecule is CCCCCON=C(C#N)c1ccccc1. The van der Waals surface area contributed by atoms with Crippen LogP contribution in [-0.2, 0) is 4.84 Å². The molecule has 1 aromatic carbocycles. The predicted octanol–water partition coefficient (Wildman–Crippen LogP) is 3.12. The van der Waals surface area contributed by atoms with Gasteiger partial charge in [0, 0.05) is 5.56 Å². The zero-order valence-corrected chi connectivity index (χ0v) is 9.52. The summed E-state index contributed by atoms with van der Waals surface area (Å²) in [5.41, 5.74) is 1.12. The molecule has 0 fully saturated rings. The number of unbranched alkanes of at least 4 members (excludes halogenated alkanes) is 2. The highest BCUT2D eigenvalue weighted by atomic mass is 16.6. The Labute approximate surface area is 96.3 Å². The second-order valence-corrected chi connectivity index (χ2v) is 3.46. The molecule has 16 heavy (non-hydrogen) atoms. The highest BCUT2D eigenvalue weighted by Gasteiger charge is 2.01. The molecule has 1 aromatic rings. The molecule has 0 radical (unpaired) electrons. The second-order valence-electron chi connectivity index (χ2n) is 3.46. The van der Waals surface area contributed by atoms with Gasteiger partial charge in [0.05, 0.1) is 0 Å². The quantitative estimate of drug-likeness (QED) is 0.416. The molecule has 0 atom stereocenters. The maximum atomic E-state index is 8.92. The average Bonchev–Trinajstić information content (AvgIpc) is 2.35. The van der Waals surface area contributed by atoms with Gasteiger partial charge in [-0.3, -0.25) is 0 Å². The fraction of sp³-hybridized carbons (Fsp3) is 0.385. The number of oxime groups is 1. The normalized spacial score (nSPS) is 10.9. The Morgan fingerprint density at radius 3 is 2.69 bits per heavy atom. The Morgan fingerprint density at radius 1 is 1.31 bits per heavy atom. The summed E-state index contributed by atoms with van der Waals surface area (Å²) in [6.45, 7) is 2.71. The van der Waals surface area contributed by atoms with E-state index in [9.17, 15) is 0 Å². The van der Waals surface area contributed by atoms with Crippen molar-refractivity contribution in [2.24, 2.45) is 5.16 Å². The largest absolute Gasteiger partial charge is 0.395 e. The van der Waals surface area contributed by atoms with E-state index in [2.05, 4.69) is 12.1 Å². The maximum absolute atomic E-state index is 8.92. The lowest BCUT2D eigenvalue weighted by molar-refractivity contribution is 0.140. The zero-order chi connectivity index (χ0) is 11.6. The van der Waals surface area contributed by atoms with E-state index in [1.807, 2.05) is 36.4 Å². The summed E-state index contributed by atoms with van der Waals surface area (Å²) >= 11 is 0. The molecular formula is C13H16N2O. The summed E-state index contributed by atoms with van der Waals surface area (Å²) < 4.78 is 0. The van der Waals surface area contributed by atoms with Crippen molar-refractivity contribution >= 4 is 5.71 Å². The first-order chi connectivity index (χ1) is 7.88. The van der Waals surface area contributed by atoms with Crippen LogP contribution in [0.4, 0.5) is 0 Å². The van der Waals surface area contributed by atoms with E-state index in [0.29, 0.717) is 12.3 Å². The van der Waals surface area contributed by atoms with Gasteiger partial charge in [-0.1, -0.05) is 55.3 Å². The smallest absolute Gasteiger partial charge is 0.186 e. The van der Waals surface area contributed by atoms with Gasteiger partial charge in [-0.2, -0.15) is 5.26 Å². The molecule has 0 saturated carbocycles. The Morgan fingerprint density at radius 2 is 2.06 bits per heavy atom. The van der Waals surface area contributed by atoms with E-state index in [1.165, 1.54) is 0 Å². The first kappa shape index (κ1) is 12.3. The van der Waals surface area contributed by atoms with Crippen LogP contribution in [0.15, 0.2) is 35.5 Å². The van der Waals surface area contributed by atoms with Crippen LogP contribution in [0.5, 0.6) is 0 Å². The van der Waals surface area contributed by atoms with Gasteiger partial charge >= 0.3 is 0 Å². The highest BCUT2D eigenvalue weighted by Crippen LogP contribution is 2.02. The summed E-state index contributed by atoms with van der Waals surface area (Å²) in [6.07, 6.45) is 3.26. The molecular weight excluding hydrogens is 200 g/mol. The molecule has 0 aliphatic carbocycles. The minimum absolute atomic E-state index is 0.331. The van der Waals surface area contributed by atoms with Gasteiger partial charge in [0.15, 0.2) is 5.71 Å². The summed E-state index contributed by atoms with van der Waals surface area (Å²) in [4.78, 5) is 5.11. The standard InChI is InChI=1S/C13H16N2O/c1-2-3-7-10-16-15-13(11-14)12-8-5-4-6-9-12/h4-6,8-9H,2-3,7,10H2,1H3. The van der Waals surface area contributed by atoms with Gasteiger partial charge in [-0.25, -0.2) is 0 Å². The number of hydrogen-bond acceptors (Lipinski definition) is 3. The molecule has 0 unspecified atom stereocenters. The van der Waals surface area contributed by atoms with Gasteiger partial charge in [0.25, 0.3) is 0 Å². The van der Waals surface area contributed by atoms with E-state index in [0.717, 1.165) is 24.8 Å². The molecule has 0 amide bonds. The van der Waals surface area contributed by atoms with E-state index in [4.69, 9.17) is 10.1 Å². The van der Waals surface area contributed by atoms with Crippen molar-refractivity contribution in [2.75, 3.05) is 6.61 Å². The lowest BCUT2D eigenvalue weighted by Crippen LogP contribution is -1.99. The van der Waals surface area contributed by atoms with Crippen LogP contribution in [0.25, 0.3) is 0 Å². The number of benzene rings is 1. The molecule has 0 aromatic heterocycles. The molecule has 0 aliphatic heterocycles. The molecule has 3 heteroatoms. The fourth-order valence-electron chi connectivity index (χ4n) is 1.26. The van der Waals surface area contributed by atoms with Gasteiger partial charge in [0.2, 0.25) is 0 Å². The minimum atomic E-state index is 0.331. The Balaban J connectivity index is 2.49. The lowest BCUT2D eigenvalue weighted by atomic mass is 10.1. The predicted molar refractivity (Wildman–Crippen MR) is 64.1 cm³/mol. The molecule has 0 spiro atoms. The van der Waals surface area contributed by atoms with Crippen molar-refractivity contribution in [3.8, 4) is 6.07 Å². The third-order valence-corrected chi connectivity index (χ3v) is 2.15. The lowest BCUT2D eigenvalue weighted by Gasteiger charge is -2.00. The minimum Gasteiger partial charge on any atom is -0.395 e. The second kappa shape index (κ2) is 7.47. The third-order valence-electron chi connectivity index (χ3n) is 2.15. The van der Waals surface area contributed by atoms with Crippen molar-refractivity contribution in [3.05, 3.63) is 35.9 Å². The first-order valence-corrected chi connectivity index (χ1v) is 5.54. The Hall–Kier alpha value is -1.82. The molecule has 0 bridgehead atoms. The van der Waals surface area contributed by atoms with Gasteiger partial charge in [-0.15, -0.1) is 0 Å².